The van der Waals surface area contributed by atoms with Crippen molar-refractivity contribution in [2.45, 2.75) is 57.3 Å². The van der Waals surface area contributed by atoms with Gasteiger partial charge in [0.1, 0.15) is 11.3 Å². The van der Waals surface area contributed by atoms with Crippen molar-refractivity contribution in [3.63, 3.8) is 0 Å². The minimum atomic E-state index is -5.21. The molecule has 2 atom stereocenters. The summed E-state index contributed by atoms with van der Waals surface area (Å²) in [7, 11) is 0. The van der Waals surface area contributed by atoms with Crippen LogP contribution in [-0.2, 0) is 11.2 Å². The number of aryl methyl sites for hydroxylation is 1. The lowest BCUT2D eigenvalue weighted by atomic mass is 9.91. The molecule has 2 aromatic heterocycles. The summed E-state index contributed by atoms with van der Waals surface area (Å²) in [4.78, 5) is 38.4. The molecular weight excluding hydrogens is 477 g/mol. The van der Waals surface area contributed by atoms with Gasteiger partial charge in [0.25, 0.3) is 5.91 Å². The molecule has 1 aliphatic heterocycles. The second-order valence-corrected chi connectivity index (χ2v) is 9.17. The van der Waals surface area contributed by atoms with Crippen molar-refractivity contribution in [2.24, 2.45) is 5.73 Å². The number of carbonyl (C=O) groups excluding carboxylic acids is 2. The highest BCUT2D eigenvalue weighted by molar-refractivity contribution is 6.00. The summed E-state index contributed by atoms with van der Waals surface area (Å²) in [5.41, 5.74) is 8.48. The Balaban J connectivity index is 1.63. The summed E-state index contributed by atoms with van der Waals surface area (Å²) in [6.45, 7) is 2.02. The summed E-state index contributed by atoms with van der Waals surface area (Å²) in [6, 6.07) is 6.70. The van der Waals surface area contributed by atoms with Gasteiger partial charge in [0.15, 0.2) is 0 Å². The third kappa shape index (κ3) is 4.48. The van der Waals surface area contributed by atoms with Crippen LogP contribution in [0.4, 0.5) is 19.0 Å². The first kappa shape index (κ1) is 24.0. The summed E-state index contributed by atoms with van der Waals surface area (Å²) in [5.74, 6) is -2.30. The van der Waals surface area contributed by atoms with E-state index in [4.69, 9.17) is 15.6 Å². The Kier molecular flexibility index (Phi) is 6.07. The Morgan fingerprint density at radius 3 is 2.81 bits per heavy atom. The maximum Gasteiger partial charge on any atom is 0.493 e. The Labute approximate surface area is 204 Å². The van der Waals surface area contributed by atoms with Crippen LogP contribution in [0.25, 0.3) is 22.3 Å². The number of hydrogen-bond acceptors (Lipinski definition) is 7. The minimum absolute atomic E-state index is 0.101. The zero-order chi connectivity index (χ0) is 25.6. The van der Waals surface area contributed by atoms with Crippen molar-refractivity contribution in [3.05, 3.63) is 41.2 Å². The molecule has 2 unspecified atom stereocenters. The van der Waals surface area contributed by atoms with Crippen LogP contribution in [0.15, 0.2) is 24.3 Å². The molecule has 3 aromatic rings. The van der Waals surface area contributed by atoms with E-state index >= 15 is 0 Å². The van der Waals surface area contributed by atoms with Crippen molar-refractivity contribution in [3.8, 4) is 11.3 Å². The highest BCUT2D eigenvalue weighted by atomic mass is 19.4. The summed E-state index contributed by atoms with van der Waals surface area (Å²) < 4.78 is 40.0. The van der Waals surface area contributed by atoms with Gasteiger partial charge in [-0.05, 0) is 44.7 Å². The third-order valence-corrected chi connectivity index (χ3v) is 6.55. The van der Waals surface area contributed by atoms with E-state index in [0.29, 0.717) is 28.1 Å². The normalized spacial score (nSPS) is 20.1. The molecule has 36 heavy (non-hydrogen) atoms. The Morgan fingerprint density at radius 2 is 2.06 bits per heavy atom. The third-order valence-electron chi connectivity index (χ3n) is 6.55. The fourth-order valence-electron chi connectivity index (χ4n) is 4.84. The van der Waals surface area contributed by atoms with Gasteiger partial charge in [-0.25, -0.2) is 14.8 Å². The second-order valence-electron chi connectivity index (χ2n) is 9.17. The van der Waals surface area contributed by atoms with E-state index in [1.165, 1.54) is 6.07 Å². The molecule has 0 radical (unpaired) electrons. The number of anilines is 1. The molecule has 190 valence electrons. The number of hydrogen-bond donors (Lipinski definition) is 3. The van der Waals surface area contributed by atoms with Crippen molar-refractivity contribution in [2.75, 3.05) is 11.9 Å². The summed E-state index contributed by atoms with van der Waals surface area (Å²) in [6.07, 6.45) is -1.33. The number of nitrogens with one attached hydrogen (secondary N) is 2. The van der Waals surface area contributed by atoms with Crippen molar-refractivity contribution < 1.29 is 27.6 Å². The van der Waals surface area contributed by atoms with Crippen molar-refractivity contribution >= 4 is 28.7 Å². The molecule has 1 amide bonds. The number of para-hydroxylation sites is 1. The average Bonchev–Trinajstić information content (AvgIpc) is 3.18. The van der Waals surface area contributed by atoms with E-state index in [-0.39, 0.29) is 42.0 Å². The first-order chi connectivity index (χ1) is 17.1. The molecule has 0 saturated heterocycles. The lowest BCUT2D eigenvalue weighted by Crippen LogP contribution is -2.37. The molecule has 12 heteroatoms. The van der Waals surface area contributed by atoms with Crippen LogP contribution in [0, 0.1) is 6.92 Å². The number of aromatic nitrogens is 3. The number of nitrogens with zero attached hydrogens (tertiary/aromatic N) is 3. The van der Waals surface area contributed by atoms with Crippen LogP contribution in [0.2, 0.25) is 0 Å². The van der Waals surface area contributed by atoms with E-state index in [1.54, 1.807) is 18.2 Å². The number of halogens is 3. The smallest absolute Gasteiger partial charge is 0.366 e. The Hall–Kier alpha value is -3.67. The number of rotatable bonds is 4. The molecule has 1 aromatic carbocycles. The molecular formula is C24H25F3N6O3. The van der Waals surface area contributed by atoms with Gasteiger partial charge in [0.2, 0.25) is 0 Å². The largest absolute Gasteiger partial charge is 0.493 e. The first-order valence-electron chi connectivity index (χ1n) is 11.7. The van der Waals surface area contributed by atoms with Gasteiger partial charge in [-0.1, -0.05) is 12.1 Å². The van der Waals surface area contributed by atoms with Gasteiger partial charge in [0.05, 0.1) is 28.2 Å². The number of fused-ring (bicyclic) bond motifs is 2. The van der Waals surface area contributed by atoms with E-state index in [1.807, 2.05) is 6.92 Å². The van der Waals surface area contributed by atoms with Crippen LogP contribution >= 0.6 is 0 Å². The maximum absolute atomic E-state index is 13.1. The van der Waals surface area contributed by atoms with Crippen molar-refractivity contribution in [1.82, 2.24) is 20.0 Å². The van der Waals surface area contributed by atoms with Gasteiger partial charge in [-0.2, -0.15) is 17.9 Å². The van der Waals surface area contributed by atoms with Crippen LogP contribution < -0.4 is 21.2 Å². The van der Waals surface area contributed by atoms with Gasteiger partial charge >= 0.3 is 12.1 Å². The van der Waals surface area contributed by atoms with Crippen LogP contribution in [0.1, 0.15) is 47.4 Å². The van der Waals surface area contributed by atoms with Gasteiger partial charge < -0.3 is 21.2 Å². The lowest BCUT2D eigenvalue weighted by Gasteiger charge is -2.28. The van der Waals surface area contributed by atoms with Crippen LogP contribution in [-0.4, -0.2) is 51.4 Å². The number of amides is 1. The fourth-order valence-corrected chi connectivity index (χ4v) is 4.84. The van der Waals surface area contributed by atoms with Crippen molar-refractivity contribution in [1.29, 1.82) is 0 Å². The molecule has 2 aliphatic rings. The van der Waals surface area contributed by atoms with Gasteiger partial charge in [-0.3, -0.25) is 4.79 Å². The predicted octanol–water partition coefficient (Wildman–Crippen LogP) is 2.89. The topological polar surface area (TPSA) is 124 Å². The molecule has 1 fully saturated rings. The van der Waals surface area contributed by atoms with E-state index < -0.39 is 18.1 Å². The monoisotopic (exact) mass is 502 g/mol. The SMILES string of the molecule is Cc1nc2cccc(-c3cc4c(n3OC(=O)C(F)(F)F)CCNC4=O)c2nc1NC1CCCC(N)C1. The molecule has 3 heterocycles. The van der Waals surface area contributed by atoms with Gasteiger partial charge in [-0.15, -0.1) is 0 Å². The molecule has 0 bridgehead atoms. The average molecular weight is 502 g/mol. The summed E-state index contributed by atoms with van der Waals surface area (Å²) in [5, 5.41) is 6.07. The minimum Gasteiger partial charge on any atom is -0.366 e. The molecule has 1 aliphatic carbocycles. The fraction of sp³-hybridized carbons (Fsp3) is 0.417. The molecule has 4 N–H and O–H groups in total. The quantitative estimate of drug-likeness (QED) is 0.501. The second kappa shape index (κ2) is 9.08. The lowest BCUT2D eigenvalue weighted by molar-refractivity contribution is -0.199. The predicted molar refractivity (Wildman–Crippen MR) is 125 cm³/mol. The molecule has 0 spiro atoms. The summed E-state index contributed by atoms with van der Waals surface area (Å²) >= 11 is 0. The highest BCUT2D eigenvalue weighted by Crippen LogP contribution is 2.33. The molecule has 1 saturated carbocycles. The first-order valence-corrected chi connectivity index (χ1v) is 11.7. The number of carbonyl (C=O) groups is 2. The van der Waals surface area contributed by atoms with E-state index in [9.17, 15) is 22.8 Å². The van der Waals surface area contributed by atoms with Gasteiger partial charge in [0, 0.05) is 30.6 Å². The standard InChI is InChI=1S/C24H25F3N6O3/c1-12-21(31-14-5-2-4-13(28)10-14)32-20-15(6-3-7-17(20)30-12)19-11-16-18(8-9-29-22(16)34)33(19)36-23(35)24(25,26)27/h3,6-7,11,13-14H,2,4-5,8-10,28H2,1H3,(H,29,34)(H,31,32). The number of alkyl halides is 3. The van der Waals surface area contributed by atoms with E-state index in [0.717, 1.165) is 30.4 Å². The Bertz CT molecular complexity index is 1350. The Morgan fingerprint density at radius 1 is 1.25 bits per heavy atom. The number of nitrogens with two attached hydrogens (primary N) is 1. The highest BCUT2D eigenvalue weighted by Gasteiger charge is 2.43. The number of benzene rings is 1. The van der Waals surface area contributed by atoms with Crippen LogP contribution in [0.5, 0.6) is 0 Å². The molecule has 9 nitrogen and oxygen atoms in total. The molecule has 5 rings (SSSR count). The van der Waals surface area contributed by atoms with E-state index in [2.05, 4.69) is 15.6 Å². The maximum atomic E-state index is 13.1. The van der Waals surface area contributed by atoms with Crippen LogP contribution in [0.3, 0.4) is 0 Å². The zero-order valence-electron chi connectivity index (χ0n) is 19.5. The zero-order valence-corrected chi connectivity index (χ0v) is 19.5.